The maximum Gasteiger partial charge on any atom is 0.320 e. The van der Waals surface area contributed by atoms with E-state index < -0.39 is 17.1 Å². The monoisotopic (exact) mass is 260 g/mol. The van der Waals surface area contributed by atoms with Crippen molar-refractivity contribution in [3.63, 3.8) is 0 Å². The van der Waals surface area contributed by atoms with Crippen LogP contribution in [0.3, 0.4) is 0 Å². The highest BCUT2D eigenvalue weighted by atomic mass is 19.3. The van der Waals surface area contributed by atoms with Gasteiger partial charge in [-0.15, -0.1) is 0 Å². The zero-order chi connectivity index (χ0) is 14.2. The molecule has 0 aromatic heterocycles. The van der Waals surface area contributed by atoms with Gasteiger partial charge in [-0.1, -0.05) is 18.4 Å². The Bertz CT molecular complexity index is 332. The summed E-state index contributed by atoms with van der Waals surface area (Å²) >= 11 is 0. The summed E-state index contributed by atoms with van der Waals surface area (Å²) in [5, 5.41) is 10.0. The van der Waals surface area contributed by atoms with Crippen molar-refractivity contribution < 1.29 is 18.5 Å². The van der Waals surface area contributed by atoms with Crippen LogP contribution in [0.15, 0.2) is 11.5 Å². The van der Waals surface area contributed by atoms with Crippen LogP contribution in [-0.4, -0.2) is 29.1 Å². The highest BCUT2D eigenvalue weighted by molar-refractivity contribution is 6.59. The molecular weight excluding hydrogens is 237 g/mol. The van der Waals surface area contributed by atoms with Gasteiger partial charge < -0.3 is 9.76 Å². The Morgan fingerprint density at radius 2 is 1.89 bits per heavy atom. The average molecular weight is 260 g/mol. The highest BCUT2D eigenvalue weighted by Gasteiger charge is 2.40. The van der Waals surface area contributed by atoms with Gasteiger partial charge in [0.05, 0.1) is 11.2 Å². The molecule has 0 aromatic rings. The number of halogens is 2. The molecule has 2 nitrogen and oxygen atoms in total. The number of hydrogen-bond donors (Lipinski definition) is 1. The van der Waals surface area contributed by atoms with E-state index in [1.54, 1.807) is 19.9 Å². The first kappa shape index (κ1) is 15.6. The van der Waals surface area contributed by atoms with Gasteiger partial charge in [0, 0.05) is 12.8 Å². The predicted molar refractivity (Wildman–Crippen MR) is 70.0 cm³/mol. The van der Waals surface area contributed by atoms with E-state index in [1.807, 2.05) is 20.7 Å². The topological polar surface area (TPSA) is 29.5 Å². The van der Waals surface area contributed by atoms with Crippen LogP contribution >= 0.6 is 0 Å². The van der Waals surface area contributed by atoms with Crippen LogP contribution in [0.1, 0.15) is 47.0 Å². The summed E-state index contributed by atoms with van der Waals surface area (Å²) in [5.41, 5.74) is -0.813. The Balaban J connectivity index is 2.68. The van der Waals surface area contributed by atoms with Crippen molar-refractivity contribution in [1.29, 1.82) is 0 Å². The van der Waals surface area contributed by atoms with E-state index in [1.165, 1.54) is 0 Å². The molecule has 0 amide bonds. The molecule has 0 bridgehead atoms. The second kappa shape index (κ2) is 4.93. The average Bonchev–Trinajstić information content (AvgIpc) is 2.14. The summed E-state index contributed by atoms with van der Waals surface area (Å²) in [6.07, 6.45) is 1.61. The Labute approximate surface area is 109 Å². The Morgan fingerprint density at radius 3 is 2.28 bits per heavy atom. The number of rotatable bonds is 4. The van der Waals surface area contributed by atoms with Crippen LogP contribution in [0.5, 0.6) is 0 Å². The van der Waals surface area contributed by atoms with Crippen molar-refractivity contribution in [2.75, 3.05) is 0 Å². The van der Waals surface area contributed by atoms with Crippen LogP contribution < -0.4 is 0 Å². The molecule has 0 saturated heterocycles. The van der Waals surface area contributed by atoms with E-state index in [9.17, 15) is 13.9 Å². The van der Waals surface area contributed by atoms with Crippen LogP contribution in [0.25, 0.3) is 0 Å². The summed E-state index contributed by atoms with van der Waals surface area (Å²) in [5.74, 6) is -2.57. The lowest BCUT2D eigenvalue weighted by Gasteiger charge is -2.40. The van der Waals surface area contributed by atoms with Gasteiger partial charge in [0.1, 0.15) is 0 Å². The molecular formula is C13H23BF2O2. The molecule has 0 unspecified atom stereocenters. The van der Waals surface area contributed by atoms with E-state index in [4.69, 9.17) is 4.65 Å². The van der Waals surface area contributed by atoms with Crippen molar-refractivity contribution >= 4 is 6.92 Å². The summed E-state index contributed by atoms with van der Waals surface area (Å²) in [6, 6.07) is 0. The van der Waals surface area contributed by atoms with Gasteiger partial charge in [-0.25, -0.2) is 8.78 Å². The maximum atomic E-state index is 13.0. The second-order valence-electron chi connectivity index (χ2n) is 6.17. The van der Waals surface area contributed by atoms with Crippen molar-refractivity contribution in [3.8, 4) is 0 Å². The molecule has 0 heterocycles. The SMILES string of the molecule is CB(OC(C)(C)C(C)(C)O)C1=CCC(F)(F)CC1. The molecule has 18 heavy (non-hydrogen) atoms. The Kier molecular flexibility index (Phi) is 4.28. The lowest BCUT2D eigenvalue weighted by molar-refractivity contribution is -0.0925. The minimum atomic E-state index is -2.57. The summed E-state index contributed by atoms with van der Waals surface area (Å²) in [4.78, 5) is 0. The third kappa shape index (κ3) is 3.79. The smallest absolute Gasteiger partial charge is 0.320 e. The van der Waals surface area contributed by atoms with E-state index in [0.29, 0.717) is 6.42 Å². The fourth-order valence-electron chi connectivity index (χ4n) is 1.84. The normalized spacial score (nSPS) is 20.6. The van der Waals surface area contributed by atoms with Gasteiger partial charge in [-0.2, -0.15) is 0 Å². The van der Waals surface area contributed by atoms with E-state index in [-0.39, 0.29) is 19.8 Å². The number of allylic oxidation sites excluding steroid dienone is 2. The van der Waals surface area contributed by atoms with Gasteiger partial charge >= 0.3 is 6.92 Å². The first-order chi connectivity index (χ1) is 7.95. The van der Waals surface area contributed by atoms with Crippen LogP contribution in [0, 0.1) is 0 Å². The molecule has 1 aliphatic carbocycles. The van der Waals surface area contributed by atoms with Crippen LogP contribution in [-0.2, 0) is 4.65 Å². The Hall–Kier alpha value is -0.415. The highest BCUT2D eigenvalue weighted by Crippen LogP contribution is 2.35. The molecule has 104 valence electrons. The molecule has 0 saturated carbocycles. The largest absolute Gasteiger partial charge is 0.424 e. The molecule has 1 N–H and O–H groups in total. The molecule has 0 spiro atoms. The molecule has 1 rings (SSSR count). The van der Waals surface area contributed by atoms with E-state index >= 15 is 0 Å². The third-order valence-electron chi connectivity index (χ3n) is 3.91. The zero-order valence-electron chi connectivity index (χ0n) is 11.9. The number of hydrogen-bond acceptors (Lipinski definition) is 2. The number of aliphatic hydroxyl groups is 1. The molecule has 5 heteroatoms. The Morgan fingerprint density at radius 1 is 1.33 bits per heavy atom. The van der Waals surface area contributed by atoms with Crippen LogP contribution in [0.2, 0.25) is 6.82 Å². The minimum Gasteiger partial charge on any atom is -0.424 e. The lowest BCUT2D eigenvalue weighted by Crippen LogP contribution is -2.50. The molecule has 1 aliphatic rings. The lowest BCUT2D eigenvalue weighted by atomic mass is 9.58. The first-order valence-electron chi connectivity index (χ1n) is 6.42. The van der Waals surface area contributed by atoms with Crippen LogP contribution in [0.4, 0.5) is 8.78 Å². The van der Waals surface area contributed by atoms with E-state index in [0.717, 1.165) is 5.47 Å². The summed E-state index contributed by atoms with van der Waals surface area (Å²) in [6.45, 7) is 8.58. The van der Waals surface area contributed by atoms with Crippen molar-refractivity contribution in [2.45, 2.75) is 70.9 Å². The molecule has 0 aromatic carbocycles. The third-order valence-corrected chi connectivity index (χ3v) is 3.91. The van der Waals surface area contributed by atoms with Gasteiger partial charge in [0.15, 0.2) is 0 Å². The first-order valence-corrected chi connectivity index (χ1v) is 6.42. The summed E-state index contributed by atoms with van der Waals surface area (Å²) in [7, 11) is 0. The summed E-state index contributed by atoms with van der Waals surface area (Å²) < 4.78 is 31.9. The van der Waals surface area contributed by atoms with Crippen molar-refractivity contribution in [2.24, 2.45) is 0 Å². The molecule has 0 radical (unpaired) electrons. The van der Waals surface area contributed by atoms with E-state index in [2.05, 4.69) is 0 Å². The standard InChI is InChI=1S/C13H23BF2O2/c1-11(2,17)12(3,4)18-14(5)10-6-8-13(15,16)9-7-10/h6,17H,7-9H2,1-5H3. The minimum absolute atomic E-state index is 0.116. The van der Waals surface area contributed by atoms with Crippen molar-refractivity contribution in [1.82, 2.24) is 0 Å². The molecule has 0 aliphatic heterocycles. The van der Waals surface area contributed by atoms with Gasteiger partial charge in [-0.05, 0) is 34.1 Å². The molecule has 0 atom stereocenters. The van der Waals surface area contributed by atoms with Gasteiger partial charge in [0.2, 0.25) is 0 Å². The fourth-order valence-corrected chi connectivity index (χ4v) is 1.84. The van der Waals surface area contributed by atoms with Gasteiger partial charge in [-0.3, -0.25) is 0 Å². The predicted octanol–water partition coefficient (Wildman–Crippen LogP) is 3.46. The van der Waals surface area contributed by atoms with Crippen molar-refractivity contribution in [3.05, 3.63) is 11.5 Å². The molecule has 0 fully saturated rings. The maximum absolute atomic E-state index is 13.0. The van der Waals surface area contributed by atoms with Gasteiger partial charge in [0.25, 0.3) is 5.92 Å². The number of alkyl halides is 2. The quantitative estimate of drug-likeness (QED) is 0.784. The second-order valence-corrected chi connectivity index (χ2v) is 6.17. The fraction of sp³-hybridized carbons (Fsp3) is 0.846. The zero-order valence-corrected chi connectivity index (χ0v) is 11.9.